The second kappa shape index (κ2) is 5.81. The molecule has 1 unspecified atom stereocenters. The van der Waals surface area contributed by atoms with Gasteiger partial charge in [0, 0.05) is 19.3 Å². The molecule has 0 N–H and O–H groups in total. The van der Waals surface area contributed by atoms with E-state index in [4.69, 9.17) is 0 Å². The predicted molar refractivity (Wildman–Crippen MR) is 86.7 cm³/mol. The van der Waals surface area contributed by atoms with Gasteiger partial charge in [0.15, 0.2) is 9.84 Å². The summed E-state index contributed by atoms with van der Waals surface area (Å²) in [7, 11) is -3.11. The normalized spacial score (nSPS) is 18.6. The number of nitrogens with zero attached hydrogens (tertiary/aromatic N) is 2. The van der Waals surface area contributed by atoms with Gasteiger partial charge in [0.25, 0.3) is 5.91 Å². The van der Waals surface area contributed by atoms with Gasteiger partial charge in [0.1, 0.15) is 5.69 Å². The first kappa shape index (κ1) is 15.2. The summed E-state index contributed by atoms with van der Waals surface area (Å²) in [6.07, 6.45) is 1.72. The number of sulfone groups is 1. The first-order valence-electron chi connectivity index (χ1n) is 6.94. The summed E-state index contributed by atoms with van der Waals surface area (Å²) in [4.78, 5) is 19.3. The summed E-state index contributed by atoms with van der Waals surface area (Å²) >= 11 is 1.42. The second-order valence-corrected chi connectivity index (χ2v) is 8.57. The van der Waals surface area contributed by atoms with Crippen LogP contribution in [0.3, 0.4) is 0 Å². The van der Waals surface area contributed by atoms with E-state index in [1.54, 1.807) is 10.4 Å². The van der Waals surface area contributed by atoms with Gasteiger partial charge < -0.3 is 4.90 Å². The Labute approximate surface area is 133 Å². The van der Waals surface area contributed by atoms with Gasteiger partial charge >= 0.3 is 0 Å². The van der Waals surface area contributed by atoms with E-state index < -0.39 is 15.1 Å². The molecule has 1 aromatic carbocycles. The Bertz CT molecular complexity index is 784. The van der Waals surface area contributed by atoms with Crippen LogP contribution in [-0.4, -0.2) is 48.8 Å². The fourth-order valence-corrected chi connectivity index (χ4v) is 4.38. The van der Waals surface area contributed by atoms with Crippen molar-refractivity contribution < 1.29 is 13.2 Å². The molecule has 1 amide bonds. The second-order valence-electron chi connectivity index (χ2n) is 5.39. The molecule has 0 spiro atoms. The lowest BCUT2D eigenvalue weighted by molar-refractivity contribution is 0.0789. The quantitative estimate of drug-likeness (QED) is 0.860. The third kappa shape index (κ3) is 2.91. The highest BCUT2D eigenvalue weighted by Gasteiger charge is 2.34. The van der Waals surface area contributed by atoms with Crippen LogP contribution in [0.2, 0.25) is 0 Å². The Kier molecular flexibility index (Phi) is 4.01. The predicted octanol–water partition coefficient (Wildman–Crippen LogP) is 2.07. The van der Waals surface area contributed by atoms with Crippen LogP contribution in [0, 0.1) is 0 Å². The molecule has 1 aliphatic heterocycles. The lowest BCUT2D eigenvalue weighted by Crippen LogP contribution is -2.32. The number of hydrogen-bond donors (Lipinski definition) is 0. The highest BCUT2D eigenvalue weighted by molar-refractivity contribution is 7.91. The Morgan fingerprint density at radius 1 is 1.32 bits per heavy atom. The van der Waals surface area contributed by atoms with Crippen LogP contribution in [0.4, 0.5) is 0 Å². The molecule has 1 saturated heterocycles. The molecule has 1 atom stereocenters. The number of carbonyl (C=O) groups is 1. The summed E-state index contributed by atoms with van der Waals surface area (Å²) in [6, 6.07) is 9.63. The maximum Gasteiger partial charge on any atom is 0.274 e. The fourth-order valence-electron chi connectivity index (χ4n) is 2.60. The molecule has 1 fully saturated rings. The molecule has 5 nitrogen and oxygen atoms in total. The van der Waals surface area contributed by atoms with Crippen LogP contribution >= 0.6 is 11.3 Å². The first-order chi connectivity index (χ1) is 10.5. The number of rotatable bonds is 3. The van der Waals surface area contributed by atoms with Crippen molar-refractivity contribution in [2.75, 3.05) is 19.3 Å². The van der Waals surface area contributed by atoms with Crippen LogP contribution in [-0.2, 0) is 9.84 Å². The van der Waals surface area contributed by atoms with Crippen LogP contribution in [0.1, 0.15) is 16.9 Å². The summed E-state index contributed by atoms with van der Waals surface area (Å²) in [5, 5.41) is -0.463. The summed E-state index contributed by atoms with van der Waals surface area (Å²) in [5.41, 5.74) is 3.01. The van der Waals surface area contributed by atoms with E-state index in [0.717, 1.165) is 10.4 Å². The Morgan fingerprint density at radius 3 is 2.68 bits per heavy atom. The minimum Gasteiger partial charge on any atom is -0.336 e. The van der Waals surface area contributed by atoms with Crippen molar-refractivity contribution in [2.45, 2.75) is 11.7 Å². The molecule has 0 bridgehead atoms. The van der Waals surface area contributed by atoms with Crippen molar-refractivity contribution in [3.63, 3.8) is 0 Å². The fraction of sp³-hybridized carbons (Fsp3) is 0.333. The van der Waals surface area contributed by atoms with Gasteiger partial charge in [-0.2, -0.15) is 0 Å². The number of amides is 1. The van der Waals surface area contributed by atoms with Gasteiger partial charge in [-0.25, -0.2) is 13.4 Å². The zero-order valence-corrected chi connectivity index (χ0v) is 13.7. The molecule has 0 radical (unpaired) electrons. The largest absolute Gasteiger partial charge is 0.336 e. The van der Waals surface area contributed by atoms with Gasteiger partial charge in [-0.1, -0.05) is 30.3 Å². The van der Waals surface area contributed by atoms with Crippen molar-refractivity contribution in [2.24, 2.45) is 0 Å². The molecule has 0 aliphatic carbocycles. The average molecular weight is 336 g/mol. The molecular weight excluding hydrogens is 320 g/mol. The van der Waals surface area contributed by atoms with E-state index in [-0.39, 0.29) is 12.5 Å². The lowest BCUT2D eigenvalue weighted by Gasteiger charge is -2.15. The van der Waals surface area contributed by atoms with E-state index in [1.807, 2.05) is 30.3 Å². The van der Waals surface area contributed by atoms with Crippen molar-refractivity contribution in [1.82, 2.24) is 9.88 Å². The molecular formula is C15H16N2O3S2. The number of carbonyl (C=O) groups excluding carboxylic acids is 1. The van der Waals surface area contributed by atoms with Crippen molar-refractivity contribution in [1.29, 1.82) is 0 Å². The van der Waals surface area contributed by atoms with Crippen LogP contribution in [0.15, 0.2) is 35.8 Å². The van der Waals surface area contributed by atoms with E-state index in [9.17, 15) is 13.2 Å². The highest BCUT2D eigenvalue weighted by atomic mass is 32.2. The topological polar surface area (TPSA) is 67.3 Å². The number of likely N-dealkylation sites (tertiary alicyclic amines) is 1. The monoisotopic (exact) mass is 336 g/mol. The van der Waals surface area contributed by atoms with Crippen LogP contribution in [0.5, 0.6) is 0 Å². The van der Waals surface area contributed by atoms with E-state index >= 15 is 0 Å². The van der Waals surface area contributed by atoms with Crippen molar-refractivity contribution >= 4 is 27.1 Å². The summed E-state index contributed by atoms with van der Waals surface area (Å²) < 4.78 is 23.3. The average Bonchev–Trinajstić information content (AvgIpc) is 3.16. The SMILES string of the molecule is CS(=O)(=O)C1CCN(C(=O)c2ncsc2-c2ccccc2)C1. The number of benzene rings is 1. The molecule has 2 heterocycles. The number of thiazole rings is 1. The van der Waals surface area contributed by atoms with Crippen molar-refractivity contribution in [3.05, 3.63) is 41.5 Å². The van der Waals surface area contributed by atoms with Gasteiger partial charge in [-0.05, 0) is 12.0 Å². The standard InChI is InChI=1S/C15H16N2O3S2/c1-22(19,20)12-7-8-17(9-12)15(18)13-14(21-10-16-13)11-5-3-2-4-6-11/h2-6,10,12H,7-9H2,1H3. The smallest absolute Gasteiger partial charge is 0.274 e. The third-order valence-electron chi connectivity index (χ3n) is 3.84. The summed E-state index contributed by atoms with van der Waals surface area (Å²) in [6.45, 7) is 0.714. The van der Waals surface area contributed by atoms with Crippen LogP contribution < -0.4 is 0 Å². The molecule has 116 valence electrons. The van der Waals surface area contributed by atoms with Gasteiger partial charge in [0.2, 0.25) is 0 Å². The molecule has 1 aromatic heterocycles. The van der Waals surface area contributed by atoms with Crippen molar-refractivity contribution in [3.8, 4) is 10.4 Å². The Balaban J connectivity index is 1.85. The van der Waals surface area contributed by atoms with Gasteiger partial charge in [0.05, 0.1) is 15.6 Å². The van der Waals surface area contributed by atoms with Gasteiger partial charge in [-0.15, -0.1) is 11.3 Å². The molecule has 1 aliphatic rings. The van der Waals surface area contributed by atoms with E-state index in [2.05, 4.69) is 4.98 Å². The first-order valence-corrected chi connectivity index (χ1v) is 9.77. The molecule has 7 heteroatoms. The minimum absolute atomic E-state index is 0.189. The lowest BCUT2D eigenvalue weighted by atomic mass is 10.1. The zero-order valence-electron chi connectivity index (χ0n) is 12.1. The molecule has 2 aromatic rings. The zero-order chi connectivity index (χ0) is 15.7. The van der Waals surface area contributed by atoms with Crippen LogP contribution in [0.25, 0.3) is 10.4 Å². The number of hydrogen-bond acceptors (Lipinski definition) is 5. The van der Waals surface area contributed by atoms with Gasteiger partial charge in [-0.3, -0.25) is 4.79 Å². The maximum atomic E-state index is 12.6. The van der Waals surface area contributed by atoms with E-state index in [0.29, 0.717) is 18.7 Å². The Hall–Kier alpha value is -1.73. The summed E-state index contributed by atoms with van der Waals surface area (Å²) in [5.74, 6) is -0.189. The molecule has 0 saturated carbocycles. The molecule has 22 heavy (non-hydrogen) atoms. The number of aromatic nitrogens is 1. The Morgan fingerprint density at radius 2 is 2.05 bits per heavy atom. The minimum atomic E-state index is -3.11. The maximum absolute atomic E-state index is 12.6. The van der Waals surface area contributed by atoms with E-state index in [1.165, 1.54) is 17.6 Å². The highest BCUT2D eigenvalue weighted by Crippen LogP contribution is 2.29. The molecule has 3 rings (SSSR count). The third-order valence-corrected chi connectivity index (χ3v) is 6.32.